The molecule has 9 rings (SSSR count). The minimum atomic E-state index is -0.121. The Labute approximate surface area is 392 Å². The highest BCUT2D eigenvalue weighted by Gasteiger charge is 2.36. The lowest BCUT2D eigenvalue weighted by atomic mass is 9.65. The molecule has 332 valence electrons. The molecule has 0 saturated heterocycles. The van der Waals surface area contributed by atoms with Gasteiger partial charge in [0.1, 0.15) is 5.75 Å². The number of aliphatic hydroxyl groups is 1. The molecule has 0 spiro atoms. The molecule has 8 aromatic rings. The van der Waals surface area contributed by atoms with Gasteiger partial charge in [-0.3, -0.25) is 0 Å². The number of rotatable bonds is 12. The molecule has 1 saturated carbocycles. The fraction of sp³-hybridized carbons (Fsp3) is 0.226. The SMILES string of the molecule is COc1cc(-c2ccccc2C)ccc1N(c1ccc(C2(c3ccc(N(c4ccc(C)c(C)c4)c4ccc(-c5ccccc5C)cc4CO)cc3)CCCCC2)cc1)c1ccc(C)c(C)c1. The van der Waals surface area contributed by atoms with E-state index in [1.807, 2.05) is 0 Å². The zero-order valence-electron chi connectivity index (χ0n) is 39.7. The topological polar surface area (TPSA) is 35.9 Å². The standard InChI is InChI=1S/C62H62N2O2/c1-42-19-27-55(37-46(42)5)63(59-33-21-48(39-50(59)41-65)57-17-11-9-15-44(57)3)53-29-23-51(24-30-53)62(35-13-8-14-36-62)52-25-31-54(32-26-52)64(56-28-20-43(2)47(6)38-56)60-34-22-49(40-61(60)66-7)58-18-12-10-16-45(58)4/h9-12,15-34,37-40,65H,8,13-14,35-36,41H2,1-7H3. The third-order valence-electron chi connectivity index (χ3n) is 14.4. The summed E-state index contributed by atoms with van der Waals surface area (Å²) in [6.07, 6.45) is 5.81. The summed E-state index contributed by atoms with van der Waals surface area (Å²) >= 11 is 0. The Kier molecular flexibility index (Phi) is 12.7. The number of hydrogen-bond donors (Lipinski definition) is 1. The fourth-order valence-corrected chi connectivity index (χ4v) is 10.3. The number of hydrogen-bond acceptors (Lipinski definition) is 4. The highest BCUT2D eigenvalue weighted by atomic mass is 16.5. The Balaban J connectivity index is 1.10. The maximum atomic E-state index is 10.9. The van der Waals surface area contributed by atoms with Crippen molar-refractivity contribution in [3.05, 3.63) is 220 Å². The molecule has 1 N–H and O–H groups in total. The molecular formula is C62H62N2O2. The maximum absolute atomic E-state index is 10.9. The van der Waals surface area contributed by atoms with Crippen LogP contribution >= 0.6 is 0 Å². The summed E-state index contributed by atoms with van der Waals surface area (Å²) in [5.74, 6) is 0.824. The predicted octanol–water partition coefficient (Wildman–Crippen LogP) is 16.6. The summed E-state index contributed by atoms with van der Waals surface area (Å²) in [6.45, 7) is 12.9. The van der Waals surface area contributed by atoms with E-state index in [1.165, 1.54) is 74.9 Å². The summed E-state index contributed by atoms with van der Waals surface area (Å²) in [6, 6.07) is 62.2. The van der Waals surface area contributed by atoms with Crippen LogP contribution in [0.5, 0.6) is 5.75 Å². The molecule has 1 aliphatic rings. The third kappa shape index (κ3) is 8.54. The highest BCUT2D eigenvalue weighted by molar-refractivity contribution is 5.84. The van der Waals surface area contributed by atoms with Crippen LogP contribution < -0.4 is 14.5 Å². The normalized spacial score (nSPS) is 13.3. The van der Waals surface area contributed by atoms with Crippen LogP contribution in [0, 0.1) is 41.5 Å². The van der Waals surface area contributed by atoms with E-state index in [0.29, 0.717) is 0 Å². The van der Waals surface area contributed by atoms with Crippen LogP contribution in [0.1, 0.15) is 82.2 Å². The average Bonchev–Trinajstić information content (AvgIpc) is 3.35. The Hall–Kier alpha value is -6.88. The summed E-state index contributed by atoms with van der Waals surface area (Å²) in [5.41, 5.74) is 21.8. The largest absolute Gasteiger partial charge is 0.495 e. The molecule has 0 amide bonds. The molecule has 66 heavy (non-hydrogen) atoms. The van der Waals surface area contributed by atoms with Crippen LogP contribution in [0.2, 0.25) is 0 Å². The van der Waals surface area contributed by atoms with Gasteiger partial charge in [-0.25, -0.2) is 0 Å². The minimum absolute atomic E-state index is 0.0694. The van der Waals surface area contributed by atoms with Gasteiger partial charge in [0, 0.05) is 33.7 Å². The van der Waals surface area contributed by atoms with Crippen molar-refractivity contribution < 1.29 is 9.84 Å². The first kappa shape index (κ1) is 44.3. The fourth-order valence-electron chi connectivity index (χ4n) is 10.3. The molecule has 0 radical (unpaired) electrons. The summed E-state index contributed by atoms with van der Waals surface area (Å²) in [4.78, 5) is 4.66. The van der Waals surface area contributed by atoms with Crippen LogP contribution in [-0.2, 0) is 12.0 Å². The van der Waals surface area contributed by atoms with Crippen LogP contribution in [0.3, 0.4) is 0 Å². The number of benzene rings is 8. The molecule has 1 fully saturated rings. The molecule has 4 nitrogen and oxygen atoms in total. The third-order valence-corrected chi connectivity index (χ3v) is 14.4. The molecule has 0 atom stereocenters. The van der Waals surface area contributed by atoms with Crippen molar-refractivity contribution in [3.63, 3.8) is 0 Å². The average molecular weight is 867 g/mol. The quantitative estimate of drug-likeness (QED) is 0.133. The van der Waals surface area contributed by atoms with Crippen molar-refractivity contribution in [1.29, 1.82) is 0 Å². The van der Waals surface area contributed by atoms with Gasteiger partial charge in [0.15, 0.2) is 0 Å². The smallest absolute Gasteiger partial charge is 0.143 e. The highest BCUT2D eigenvalue weighted by Crippen LogP contribution is 2.49. The second-order valence-corrected chi connectivity index (χ2v) is 18.5. The van der Waals surface area contributed by atoms with Crippen LogP contribution in [-0.4, -0.2) is 12.2 Å². The maximum Gasteiger partial charge on any atom is 0.143 e. The Morgan fingerprint density at radius 3 is 1.36 bits per heavy atom. The number of aryl methyl sites for hydroxylation is 6. The van der Waals surface area contributed by atoms with E-state index < -0.39 is 0 Å². The van der Waals surface area contributed by atoms with E-state index in [-0.39, 0.29) is 12.0 Å². The Morgan fingerprint density at radius 1 is 0.439 bits per heavy atom. The second-order valence-electron chi connectivity index (χ2n) is 18.5. The second kappa shape index (κ2) is 18.9. The first-order chi connectivity index (χ1) is 32.1. The predicted molar refractivity (Wildman–Crippen MR) is 278 cm³/mol. The molecule has 0 bridgehead atoms. The molecule has 8 aromatic carbocycles. The number of ether oxygens (including phenoxy) is 1. The zero-order chi connectivity index (χ0) is 46.0. The van der Waals surface area contributed by atoms with Gasteiger partial charge in [-0.15, -0.1) is 0 Å². The lowest BCUT2D eigenvalue weighted by Gasteiger charge is -2.39. The zero-order valence-corrected chi connectivity index (χ0v) is 39.7. The van der Waals surface area contributed by atoms with E-state index in [4.69, 9.17) is 4.74 Å². The Bertz CT molecular complexity index is 2800. The number of methoxy groups -OCH3 is 1. The van der Waals surface area contributed by atoms with E-state index in [2.05, 4.69) is 221 Å². The van der Waals surface area contributed by atoms with Crippen molar-refractivity contribution in [2.24, 2.45) is 0 Å². The van der Waals surface area contributed by atoms with Gasteiger partial charge in [-0.2, -0.15) is 0 Å². The van der Waals surface area contributed by atoms with Crippen LogP contribution in [0.25, 0.3) is 22.3 Å². The summed E-state index contributed by atoms with van der Waals surface area (Å²) in [7, 11) is 1.77. The van der Waals surface area contributed by atoms with E-state index in [0.717, 1.165) is 69.4 Å². The van der Waals surface area contributed by atoms with Crippen molar-refractivity contribution in [1.82, 2.24) is 0 Å². The van der Waals surface area contributed by atoms with Gasteiger partial charge in [0.25, 0.3) is 0 Å². The molecule has 0 aliphatic heterocycles. The van der Waals surface area contributed by atoms with Crippen molar-refractivity contribution in [2.75, 3.05) is 16.9 Å². The number of anilines is 6. The molecule has 4 heteroatoms. The van der Waals surface area contributed by atoms with Crippen molar-refractivity contribution >= 4 is 34.1 Å². The number of nitrogens with zero attached hydrogens (tertiary/aromatic N) is 2. The van der Waals surface area contributed by atoms with Gasteiger partial charge >= 0.3 is 0 Å². The summed E-state index contributed by atoms with van der Waals surface area (Å²) in [5, 5.41) is 10.9. The number of aliphatic hydroxyl groups excluding tert-OH is 1. The van der Waals surface area contributed by atoms with Gasteiger partial charge in [-0.1, -0.05) is 116 Å². The van der Waals surface area contributed by atoms with Gasteiger partial charge in [0.2, 0.25) is 0 Å². The van der Waals surface area contributed by atoms with Gasteiger partial charge in [-0.05, 0) is 194 Å². The van der Waals surface area contributed by atoms with Crippen molar-refractivity contribution in [2.45, 2.75) is 85.7 Å². The minimum Gasteiger partial charge on any atom is -0.495 e. The van der Waals surface area contributed by atoms with Crippen LogP contribution in [0.4, 0.5) is 34.1 Å². The first-order valence-electron chi connectivity index (χ1n) is 23.6. The molecule has 0 aromatic heterocycles. The Morgan fingerprint density at radius 2 is 0.894 bits per heavy atom. The lowest BCUT2D eigenvalue weighted by Crippen LogP contribution is -2.30. The lowest BCUT2D eigenvalue weighted by molar-refractivity contribution is 0.282. The van der Waals surface area contributed by atoms with Gasteiger partial charge < -0.3 is 19.6 Å². The van der Waals surface area contributed by atoms with Crippen LogP contribution in [0.15, 0.2) is 170 Å². The van der Waals surface area contributed by atoms with Gasteiger partial charge in [0.05, 0.1) is 25.1 Å². The van der Waals surface area contributed by atoms with E-state index >= 15 is 0 Å². The van der Waals surface area contributed by atoms with Crippen molar-refractivity contribution in [3.8, 4) is 28.0 Å². The van der Waals surface area contributed by atoms with E-state index in [1.54, 1.807) is 7.11 Å². The summed E-state index contributed by atoms with van der Waals surface area (Å²) < 4.78 is 6.19. The molecular weight excluding hydrogens is 805 g/mol. The molecule has 0 heterocycles. The molecule has 1 aliphatic carbocycles. The van der Waals surface area contributed by atoms with E-state index in [9.17, 15) is 5.11 Å². The molecule has 0 unspecified atom stereocenters. The first-order valence-corrected chi connectivity index (χ1v) is 23.6. The monoisotopic (exact) mass is 866 g/mol.